The van der Waals surface area contributed by atoms with Crippen LogP contribution in [0.3, 0.4) is 0 Å². The number of nitrogens with one attached hydrogen (secondary N) is 1. The van der Waals surface area contributed by atoms with E-state index in [1.54, 1.807) is 26.0 Å². The maximum atomic E-state index is 11.9. The van der Waals surface area contributed by atoms with E-state index in [0.717, 1.165) is 31.5 Å². The van der Waals surface area contributed by atoms with Gasteiger partial charge in [-0.1, -0.05) is 0 Å². The van der Waals surface area contributed by atoms with Crippen LogP contribution >= 0.6 is 0 Å². The quantitative estimate of drug-likeness (QED) is 0.639. The zero-order valence-corrected chi connectivity index (χ0v) is 14.1. The molecule has 2 amide bonds. The van der Waals surface area contributed by atoms with Gasteiger partial charge in [-0.15, -0.1) is 0 Å². The molecule has 7 nitrogen and oxygen atoms in total. The Bertz CT molecular complexity index is 592. The monoisotopic (exact) mass is 333 g/mol. The van der Waals surface area contributed by atoms with E-state index in [1.165, 1.54) is 0 Å². The number of likely N-dealkylation sites (tertiary alicyclic amines) is 1. The number of rotatable bonds is 6. The van der Waals surface area contributed by atoms with Gasteiger partial charge in [0.25, 0.3) is 5.91 Å². The van der Waals surface area contributed by atoms with Crippen LogP contribution < -0.4 is 10.2 Å². The fraction of sp³-hybridized carbons (Fsp3) is 0.471. The number of ether oxygens (including phenoxy) is 2. The Morgan fingerprint density at radius 1 is 1.21 bits per heavy atom. The number of carbonyl (C=O) groups is 2. The van der Waals surface area contributed by atoms with E-state index in [0.29, 0.717) is 18.1 Å². The SMILES string of the molecule is CCOC(=O)N/N=C(\C)c1ccc(OCC(=O)N2CCCC2)cc1. The van der Waals surface area contributed by atoms with E-state index in [9.17, 15) is 9.59 Å². The summed E-state index contributed by atoms with van der Waals surface area (Å²) < 4.78 is 10.3. The van der Waals surface area contributed by atoms with Crippen molar-refractivity contribution in [2.45, 2.75) is 26.7 Å². The second kappa shape index (κ2) is 8.90. The first-order chi connectivity index (χ1) is 11.6. The van der Waals surface area contributed by atoms with E-state index >= 15 is 0 Å². The lowest BCUT2D eigenvalue weighted by atomic mass is 10.1. The molecule has 1 saturated heterocycles. The van der Waals surface area contributed by atoms with E-state index in [4.69, 9.17) is 9.47 Å². The number of hydrogen-bond donors (Lipinski definition) is 1. The lowest BCUT2D eigenvalue weighted by Gasteiger charge is -2.15. The predicted molar refractivity (Wildman–Crippen MR) is 90.1 cm³/mol. The third-order valence-electron chi connectivity index (χ3n) is 3.68. The molecule has 1 N–H and O–H groups in total. The Morgan fingerprint density at radius 2 is 1.88 bits per heavy atom. The summed E-state index contributed by atoms with van der Waals surface area (Å²) in [6.07, 6.45) is 1.55. The van der Waals surface area contributed by atoms with Crippen LogP contribution in [0.5, 0.6) is 5.75 Å². The summed E-state index contributed by atoms with van der Waals surface area (Å²) in [4.78, 5) is 24.9. The Balaban J connectivity index is 1.84. The second-order valence-corrected chi connectivity index (χ2v) is 5.43. The maximum Gasteiger partial charge on any atom is 0.427 e. The highest BCUT2D eigenvalue weighted by atomic mass is 16.5. The number of hydrogen-bond acceptors (Lipinski definition) is 5. The highest BCUT2D eigenvalue weighted by Gasteiger charge is 2.18. The topological polar surface area (TPSA) is 80.2 Å². The van der Waals surface area contributed by atoms with Crippen molar-refractivity contribution in [1.82, 2.24) is 10.3 Å². The molecule has 1 heterocycles. The lowest BCUT2D eigenvalue weighted by Crippen LogP contribution is -2.32. The fourth-order valence-corrected chi connectivity index (χ4v) is 2.35. The molecule has 130 valence electrons. The highest BCUT2D eigenvalue weighted by Crippen LogP contribution is 2.14. The first kappa shape index (κ1) is 17.8. The van der Waals surface area contributed by atoms with Crippen LogP contribution in [0.4, 0.5) is 4.79 Å². The molecule has 1 aromatic carbocycles. The lowest BCUT2D eigenvalue weighted by molar-refractivity contribution is -0.132. The van der Waals surface area contributed by atoms with E-state index in [-0.39, 0.29) is 12.5 Å². The molecule has 1 fully saturated rings. The molecule has 24 heavy (non-hydrogen) atoms. The first-order valence-corrected chi connectivity index (χ1v) is 8.08. The van der Waals surface area contributed by atoms with Crippen molar-refractivity contribution in [3.63, 3.8) is 0 Å². The number of benzene rings is 1. The number of hydrazone groups is 1. The van der Waals surface area contributed by atoms with E-state index < -0.39 is 6.09 Å². The van der Waals surface area contributed by atoms with Crippen LogP contribution in [0.15, 0.2) is 29.4 Å². The zero-order chi connectivity index (χ0) is 17.4. The van der Waals surface area contributed by atoms with Crippen molar-refractivity contribution < 1.29 is 19.1 Å². The second-order valence-electron chi connectivity index (χ2n) is 5.43. The van der Waals surface area contributed by atoms with Crippen molar-refractivity contribution in [2.24, 2.45) is 5.10 Å². The summed E-state index contributed by atoms with van der Waals surface area (Å²) in [5, 5.41) is 3.96. The van der Waals surface area contributed by atoms with Crippen molar-refractivity contribution in [2.75, 3.05) is 26.3 Å². The predicted octanol–water partition coefficient (Wildman–Crippen LogP) is 2.16. The summed E-state index contributed by atoms with van der Waals surface area (Å²) in [5.41, 5.74) is 3.79. The van der Waals surface area contributed by atoms with Crippen LogP contribution in [0.2, 0.25) is 0 Å². The molecule has 1 aliphatic rings. The van der Waals surface area contributed by atoms with Crippen LogP contribution in [0.1, 0.15) is 32.3 Å². The third kappa shape index (κ3) is 5.26. The number of amides is 2. The average Bonchev–Trinajstić information content (AvgIpc) is 3.13. The van der Waals surface area contributed by atoms with Gasteiger partial charge in [0.05, 0.1) is 12.3 Å². The smallest absolute Gasteiger partial charge is 0.427 e. The van der Waals surface area contributed by atoms with Gasteiger partial charge in [0.1, 0.15) is 5.75 Å². The van der Waals surface area contributed by atoms with Gasteiger partial charge in [0.2, 0.25) is 0 Å². The molecule has 2 rings (SSSR count). The Hall–Kier alpha value is -2.57. The Morgan fingerprint density at radius 3 is 2.50 bits per heavy atom. The number of nitrogens with zero attached hydrogens (tertiary/aromatic N) is 2. The van der Waals surface area contributed by atoms with Crippen LogP contribution in [-0.2, 0) is 9.53 Å². The molecule has 0 aromatic heterocycles. The minimum absolute atomic E-state index is 0.0213. The van der Waals surface area contributed by atoms with Crippen molar-refractivity contribution >= 4 is 17.7 Å². The normalized spacial score (nSPS) is 14.4. The largest absolute Gasteiger partial charge is 0.484 e. The average molecular weight is 333 g/mol. The molecule has 7 heteroatoms. The standard InChI is InChI=1S/C17H23N3O4/c1-3-23-17(22)19-18-13(2)14-6-8-15(9-7-14)24-12-16(21)20-10-4-5-11-20/h6-9H,3-5,10-12H2,1-2H3,(H,19,22)/b18-13+. The molecule has 0 unspecified atom stereocenters. The van der Waals surface area contributed by atoms with Gasteiger partial charge in [-0.25, -0.2) is 10.2 Å². The summed E-state index contributed by atoms with van der Waals surface area (Å²) >= 11 is 0. The van der Waals surface area contributed by atoms with E-state index in [1.807, 2.05) is 17.0 Å². The van der Waals surface area contributed by atoms with Crippen molar-refractivity contribution in [3.8, 4) is 5.75 Å². The van der Waals surface area contributed by atoms with Crippen molar-refractivity contribution in [3.05, 3.63) is 29.8 Å². The Kier molecular flexibility index (Phi) is 6.60. The first-order valence-electron chi connectivity index (χ1n) is 8.08. The summed E-state index contributed by atoms with van der Waals surface area (Å²) in [6, 6.07) is 7.19. The van der Waals surface area contributed by atoms with Crippen LogP contribution in [0, 0.1) is 0 Å². The maximum absolute atomic E-state index is 11.9. The molecule has 0 atom stereocenters. The molecule has 0 saturated carbocycles. The molecule has 0 bridgehead atoms. The van der Waals surface area contributed by atoms with Gasteiger partial charge >= 0.3 is 6.09 Å². The molecule has 0 aliphatic carbocycles. The van der Waals surface area contributed by atoms with Gasteiger partial charge in [0, 0.05) is 13.1 Å². The summed E-state index contributed by atoms with van der Waals surface area (Å²) in [6.45, 7) is 5.50. The molecule has 1 aromatic rings. The number of carbonyl (C=O) groups excluding carboxylic acids is 2. The van der Waals surface area contributed by atoms with E-state index in [2.05, 4.69) is 10.5 Å². The van der Waals surface area contributed by atoms with Gasteiger partial charge in [-0.3, -0.25) is 4.79 Å². The molecule has 1 aliphatic heterocycles. The molecule has 0 spiro atoms. The minimum Gasteiger partial charge on any atom is -0.484 e. The van der Waals surface area contributed by atoms with Gasteiger partial charge in [-0.2, -0.15) is 5.10 Å². The third-order valence-corrected chi connectivity index (χ3v) is 3.68. The van der Waals surface area contributed by atoms with Crippen LogP contribution in [-0.4, -0.2) is 48.9 Å². The molecule has 0 radical (unpaired) electrons. The van der Waals surface area contributed by atoms with Gasteiger partial charge in [-0.05, 0) is 56.5 Å². The molecular weight excluding hydrogens is 310 g/mol. The summed E-state index contributed by atoms with van der Waals surface area (Å²) in [7, 11) is 0. The van der Waals surface area contributed by atoms with Gasteiger partial charge in [0.15, 0.2) is 6.61 Å². The van der Waals surface area contributed by atoms with Crippen molar-refractivity contribution in [1.29, 1.82) is 0 Å². The molecular formula is C17H23N3O4. The van der Waals surface area contributed by atoms with Crippen LogP contribution in [0.25, 0.3) is 0 Å². The Labute approximate surface area is 141 Å². The van der Waals surface area contributed by atoms with Gasteiger partial charge < -0.3 is 14.4 Å². The minimum atomic E-state index is -0.586. The summed E-state index contributed by atoms with van der Waals surface area (Å²) in [5.74, 6) is 0.644. The highest BCUT2D eigenvalue weighted by molar-refractivity contribution is 5.99. The zero-order valence-electron chi connectivity index (χ0n) is 14.1. The fourth-order valence-electron chi connectivity index (χ4n) is 2.35.